The minimum absolute atomic E-state index is 0.418. The van der Waals surface area contributed by atoms with Crippen LogP contribution in [-0.4, -0.2) is 23.0 Å². The second-order valence-corrected chi connectivity index (χ2v) is 5.56. The van der Waals surface area contributed by atoms with Crippen LogP contribution in [0.5, 0.6) is 0 Å². The van der Waals surface area contributed by atoms with Crippen LogP contribution in [0.25, 0.3) is 11.3 Å². The molecule has 0 bridgehead atoms. The van der Waals surface area contributed by atoms with E-state index in [4.69, 9.17) is 0 Å². The van der Waals surface area contributed by atoms with E-state index in [1.165, 1.54) is 31.5 Å². The van der Waals surface area contributed by atoms with Crippen LogP contribution in [0.2, 0.25) is 0 Å². The predicted octanol–water partition coefficient (Wildman–Crippen LogP) is 3.78. The van der Waals surface area contributed by atoms with Crippen LogP contribution in [0, 0.1) is 11.3 Å². The Morgan fingerprint density at radius 2 is 2.00 bits per heavy atom. The Bertz CT molecular complexity index is 666. The van der Waals surface area contributed by atoms with Gasteiger partial charge in [0.15, 0.2) is 0 Å². The van der Waals surface area contributed by atoms with Crippen molar-refractivity contribution in [3.05, 3.63) is 53.7 Å². The van der Waals surface area contributed by atoms with Crippen molar-refractivity contribution in [1.82, 2.24) is 9.88 Å². The molecule has 2 heterocycles. The summed E-state index contributed by atoms with van der Waals surface area (Å²) in [6.45, 7) is 4.62. The van der Waals surface area contributed by atoms with Gasteiger partial charge in [-0.2, -0.15) is 5.26 Å². The third kappa shape index (κ3) is 2.81. The van der Waals surface area contributed by atoms with Crippen molar-refractivity contribution in [2.45, 2.75) is 25.8 Å². The topological polar surface area (TPSA) is 39.9 Å². The molecule has 1 aromatic heterocycles. The fourth-order valence-corrected chi connectivity index (χ4v) is 3.01. The molecule has 0 spiro atoms. The van der Waals surface area contributed by atoms with Gasteiger partial charge < -0.3 is 0 Å². The molecule has 2 aromatic rings. The first-order valence-corrected chi connectivity index (χ1v) is 7.49. The molecule has 0 saturated carbocycles. The SMILES string of the molecule is CC(c1cccc(-c2ncccc2C#N)c1)N1CCCC1. The van der Waals surface area contributed by atoms with Crippen molar-refractivity contribution in [3.63, 3.8) is 0 Å². The summed E-state index contributed by atoms with van der Waals surface area (Å²) in [5, 5.41) is 9.23. The zero-order valence-corrected chi connectivity index (χ0v) is 12.3. The molecule has 1 aliphatic heterocycles. The van der Waals surface area contributed by atoms with Gasteiger partial charge in [0.1, 0.15) is 6.07 Å². The van der Waals surface area contributed by atoms with Gasteiger partial charge in [-0.05, 0) is 56.6 Å². The van der Waals surface area contributed by atoms with Crippen molar-refractivity contribution in [1.29, 1.82) is 5.26 Å². The summed E-state index contributed by atoms with van der Waals surface area (Å²) in [5.41, 5.74) is 3.72. The van der Waals surface area contributed by atoms with E-state index in [0.29, 0.717) is 11.6 Å². The van der Waals surface area contributed by atoms with E-state index >= 15 is 0 Å². The molecule has 3 heteroatoms. The standard InChI is InChI=1S/C18H19N3/c1-14(21-10-2-3-11-21)15-6-4-7-16(12-15)18-17(13-19)8-5-9-20-18/h4-9,12,14H,2-3,10-11H2,1H3. The lowest BCUT2D eigenvalue weighted by atomic mass is 10.0. The van der Waals surface area contributed by atoms with E-state index in [0.717, 1.165) is 11.3 Å². The van der Waals surface area contributed by atoms with Gasteiger partial charge in [-0.1, -0.05) is 18.2 Å². The van der Waals surface area contributed by atoms with Crippen LogP contribution in [0.4, 0.5) is 0 Å². The lowest BCUT2D eigenvalue weighted by Gasteiger charge is -2.24. The average Bonchev–Trinajstić information content (AvgIpc) is 3.08. The molecule has 1 atom stereocenters. The largest absolute Gasteiger partial charge is 0.297 e. The number of pyridine rings is 1. The minimum atomic E-state index is 0.418. The Labute approximate surface area is 125 Å². The molecule has 0 N–H and O–H groups in total. The Balaban J connectivity index is 1.94. The monoisotopic (exact) mass is 277 g/mol. The summed E-state index contributed by atoms with van der Waals surface area (Å²) in [6.07, 6.45) is 4.33. The highest BCUT2D eigenvalue weighted by atomic mass is 15.2. The zero-order valence-electron chi connectivity index (χ0n) is 12.3. The van der Waals surface area contributed by atoms with Crippen molar-refractivity contribution in [2.75, 3.05) is 13.1 Å². The highest BCUT2D eigenvalue weighted by Crippen LogP contribution is 2.28. The number of hydrogen-bond acceptors (Lipinski definition) is 3. The summed E-state index contributed by atoms with van der Waals surface area (Å²) in [7, 11) is 0. The van der Waals surface area contributed by atoms with Gasteiger partial charge in [0, 0.05) is 17.8 Å². The quantitative estimate of drug-likeness (QED) is 0.857. The van der Waals surface area contributed by atoms with E-state index in [-0.39, 0.29) is 0 Å². The number of rotatable bonds is 3. The van der Waals surface area contributed by atoms with E-state index in [1.807, 2.05) is 12.1 Å². The van der Waals surface area contributed by atoms with Gasteiger partial charge in [0.2, 0.25) is 0 Å². The number of aromatic nitrogens is 1. The Kier molecular flexibility index (Phi) is 3.98. The normalized spacial score (nSPS) is 16.6. The molecule has 3 nitrogen and oxygen atoms in total. The maximum Gasteiger partial charge on any atom is 0.101 e. The van der Waals surface area contributed by atoms with Crippen LogP contribution in [-0.2, 0) is 0 Å². The van der Waals surface area contributed by atoms with Gasteiger partial charge in [-0.3, -0.25) is 9.88 Å². The molecule has 1 fully saturated rings. The molecular formula is C18H19N3. The van der Waals surface area contributed by atoms with E-state index in [2.05, 4.69) is 41.1 Å². The summed E-state index contributed by atoms with van der Waals surface area (Å²) in [6, 6.07) is 14.7. The van der Waals surface area contributed by atoms with Crippen LogP contribution < -0.4 is 0 Å². The minimum Gasteiger partial charge on any atom is -0.297 e. The second-order valence-electron chi connectivity index (χ2n) is 5.56. The Morgan fingerprint density at radius 1 is 1.19 bits per heavy atom. The van der Waals surface area contributed by atoms with Gasteiger partial charge in [-0.15, -0.1) is 0 Å². The lowest BCUT2D eigenvalue weighted by molar-refractivity contribution is 0.263. The van der Waals surface area contributed by atoms with Crippen LogP contribution in [0.15, 0.2) is 42.6 Å². The van der Waals surface area contributed by atoms with Gasteiger partial charge in [-0.25, -0.2) is 0 Å². The van der Waals surface area contributed by atoms with Crippen LogP contribution in [0.3, 0.4) is 0 Å². The second kappa shape index (κ2) is 6.07. The van der Waals surface area contributed by atoms with Gasteiger partial charge in [0.05, 0.1) is 11.3 Å². The van der Waals surface area contributed by atoms with Crippen LogP contribution in [0.1, 0.15) is 36.9 Å². The molecule has 0 amide bonds. The average molecular weight is 277 g/mol. The van der Waals surface area contributed by atoms with E-state index in [9.17, 15) is 5.26 Å². The van der Waals surface area contributed by atoms with E-state index < -0.39 is 0 Å². The number of benzene rings is 1. The first-order valence-electron chi connectivity index (χ1n) is 7.49. The van der Waals surface area contributed by atoms with Crippen molar-refractivity contribution in [3.8, 4) is 17.3 Å². The Hall–Kier alpha value is -2.18. The molecule has 1 unspecified atom stereocenters. The highest BCUT2D eigenvalue weighted by Gasteiger charge is 2.19. The number of likely N-dealkylation sites (tertiary alicyclic amines) is 1. The van der Waals surface area contributed by atoms with Crippen molar-refractivity contribution < 1.29 is 0 Å². The van der Waals surface area contributed by atoms with Gasteiger partial charge in [0.25, 0.3) is 0 Å². The fraction of sp³-hybridized carbons (Fsp3) is 0.333. The molecular weight excluding hydrogens is 258 g/mol. The third-order valence-corrected chi connectivity index (χ3v) is 4.26. The number of hydrogen-bond donors (Lipinski definition) is 0. The molecule has 3 rings (SSSR count). The predicted molar refractivity (Wildman–Crippen MR) is 83.6 cm³/mol. The molecule has 1 aromatic carbocycles. The third-order valence-electron chi connectivity index (χ3n) is 4.26. The molecule has 0 radical (unpaired) electrons. The molecule has 1 saturated heterocycles. The van der Waals surface area contributed by atoms with Crippen molar-refractivity contribution >= 4 is 0 Å². The summed E-state index contributed by atoms with van der Waals surface area (Å²) in [4.78, 5) is 6.90. The molecule has 0 aliphatic carbocycles. The maximum absolute atomic E-state index is 9.23. The number of nitriles is 1. The summed E-state index contributed by atoms with van der Waals surface area (Å²) >= 11 is 0. The number of nitrogens with zero attached hydrogens (tertiary/aromatic N) is 3. The first-order chi connectivity index (χ1) is 10.3. The highest BCUT2D eigenvalue weighted by molar-refractivity contribution is 5.66. The zero-order chi connectivity index (χ0) is 14.7. The first kappa shape index (κ1) is 13.8. The van der Waals surface area contributed by atoms with Gasteiger partial charge >= 0.3 is 0 Å². The molecule has 1 aliphatic rings. The van der Waals surface area contributed by atoms with E-state index in [1.54, 1.807) is 12.3 Å². The Morgan fingerprint density at radius 3 is 2.76 bits per heavy atom. The molecule has 21 heavy (non-hydrogen) atoms. The fourth-order valence-electron chi connectivity index (χ4n) is 3.01. The molecule has 106 valence electrons. The van der Waals surface area contributed by atoms with Crippen LogP contribution >= 0.6 is 0 Å². The summed E-state index contributed by atoms with van der Waals surface area (Å²) < 4.78 is 0. The maximum atomic E-state index is 9.23. The van der Waals surface area contributed by atoms with Crippen molar-refractivity contribution in [2.24, 2.45) is 0 Å². The smallest absolute Gasteiger partial charge is 0.101 e. The lowest BCUT2D eigenvalue weighted by Crippen LogP contribution is -2.23. The summed E-state index contributed by atoms with van der Waals surface area (Å²) in [5.74, 6) is 0.